The van der Waals surface area contributed by atoms with E-state index in [1.54, 1.807) is 18.0 Å². The summed E-state index contributed by atoms with van der Waals surface area (Å²) in [6, 6.07) is 3.94. The van der Waals surface area contributed by atoms with Crippen LogP contribution in [-0.4, -0.2) is 15.3 Å². The fourth-order valence-corrected chi connectivity index (χ4v) is 4.14. The molecule has 0 aliphatic heterocycles. The number of rotatable bonds is 5. The van der Waals surface area contributed by atoms with E-state index in [9.17, 15) is 0 Å². The highest BCUT2D eigenvalue weighted by Crippen LogP contribution is 2.43. The van der Waals surface area contributed by atoms with E-state index in [1.807, 2.05) is 12.1 Å². The van der Waals surface area contributed by atoms with E-state index in [1.165, 1.54) is 12.8 Å². The van der Waals surface area contributed by atoms with Gasteiger partial charge in [-0.3, -0.25) is 0 Å². The number of thioether (sulfide) groups is 1. The normalized spacial score (nSPS) is 14.6. The summed E-state index contributed by atoms with van der Waals surface area (Å²) in [6.07, 6.45) is 4.08. The summed E-state index contributed by atoms with van der Waals surface area (Å²) in [5.41, 5.74) is 3.15. The van der Waals surface area contributed by atoms with E-state index in [0.29, 0.717) is 11.2 Å². The molecule has 0 unspecified atom stereocenters. The van der Waals surface area contributed by atoms with Crippen LogP contribution in [0.25, 0.3) is 0 Å². The average molecular weight is 352 g/mol. The van der Waals surface area contributed by atoms with Crippen LogP contribution in [0, 0.1) is 6.92 Å². The van der Waals surface area contributed by atoms with Crippen LogP contribution in [0.4, 0.5) is 0 Å². The minimum absolute atomic E-state index is 0.470. The van der Waals surface area contributed by atoms with Gasteiger partial charge in [0, 0.05) is 16.1 Å². The number of thiocarbonyl (C=S) groups is 1. The zero-order chi connectivity index (χ0) is 15.9. The molecule has 0 amide bonds. The first kappa shape index (κ1) is 16.0. The van der Waals surface area contributed by atoms with Gasteiger partial charge in [-0.1, -0.05) is 48.9 Å². The average Bonchev–Trinajstić information content (AvgIpc) is 3.20. The molecule has 1 fully saturated rings. The Hall–Kier alpha value is -0.840. The fraction of sp³-hybridized carbons (Fsp3) is 0.412. The summed E-state index contributed by atoms with van der Waals surface area (Å²) >= 11 is 13.9. The minimum Gasteiger partial charge on any atom is -0.360 e. The lowest BCUT2D eigenvalue weighted by atomic mass is 10.00. The molecular formula is C17H18ClNOS2. The molecule has 0 atom stereocenters. The van der Waals surface area contributed by atoms with E-state index >= 15 is 0 Å². The molecule has 22 heavy (non-hydrogen) atoms. The van der Waals surface area contributed by atoms with Crippen molar-refractivity contribution in [1.29, 1.82) is 0 Å². The van der Waals surface area contributed by atoms with Crippen molar-refractivity contribution in [2.24, 2.45) is 0 Å². The third kappa shape index (κ3) is 3.10. The maximum absolute atomic E-state index is 6.37. The Morgan fingerprint density at radius 3 is 2.73 bits per heavy atom. The third-order valence-corrected chi connectivity index (χ3v) is 5.85. The number of halogens is 1. The summed E-state index contributed by atoms with van der Waals surface area (Å²) in [5, 5.41) is 5.21. The Morgan fingerprint density at radius 1 is 1.36 bits per heavy atom. The molecular weight excluding hydrogens is 334 g/mol. The highest BCUT2D eigenvalue weighted by molar-refractivity contribution is 8.00. The van der Waals surface area contributed by atoms with E-state index in [-0.39, 0.29) is 0 Å². The van der Waals surface area contributed by atoms with Crippen LogP contribution >= 0.6 is 35.6 Å². The van der Waals surface area contributed by atoms with Crippen LogP contribution in [0.1, 0.15) is 55.1 Å². The van der Waals surface area contributed by atoms with Gasteiger partial charge in [-0.25, -0.2) is 0 Å². The van der Waals surface area contributed by atoms with Crippen LogP contribution in [0.15, 0.2) is 27.7 Å². The van der Waals surface area contributed by atoms with Gasteiger partial charge in [-0.05, 0) is 37.0 Å². The van der Waals surface area contributed by atoms with Crippen LogP contribution in [0.2, 0.25) is 5.02 Å². The molecule has 2 nitrogen and oxygen atoms in total. The van der Waals surface area contributed by atoms with Gasteiger partial charge in [-0.2, -0.15) is 0 Å². The molecule has 0 N–H and O–H groups in total. The van der Waals surface area contributed by atoms with Gasteiger partial charge in [0.2, 0.25) is 0 Å². The van der Waals surface area contributed by atoms with Crippen molar-refractivity contribution in [3.05, 3.63) is 45.8 Å². The molecule has 1 saturated carbocycles. The Labute approximate surface area is 145 Å². The molecule has 0 radical (unpaired) electrons. The van der Waals surface area contributed by atoms with Gasteiger partial charge in [-0.15, -0.1) is 11.8 Å². The highest BCUT2D eigenvalue weighted by Gasteiger charge is 2.32. The Kier molecular flexibility index (Phi) is 4.62. The molecule has 1 aromatic heterocycles. The summed E-state index contributed by atoms with van der Waals surface area (Å²) in [4.78, 5) is 1.92. The van der Waals surface area contributed by atoms with Crippen LogP contribution in [0.3, 0.4) is 0 Å². The maximum Gasteiger partial charge on any atom is 0.148 e. The molecule has 2 aromatic rings. The molecule has 0 bridgehead atoms. The van der Waals surface area contributed by atoms with Gasteiger partial charge >= 0.3 is 0 Å². The molecule has 1 aromatic carbocycles. The summed E-state index contributed by atoms with van der Waals surface area (Å²) < 4.78 is 5.42. The first-order valence-corrected chi connectivity index (χ1v) is 9.10. The van der Waals surface area contributed by atoms with Gasteiger partial charge < -0.3 is 4.52 Å². The van der Waals surface area contributed by atoms with E-state index in [2.05, 4.69) is 25.9 Å². The Bertz CT molecular complexity index is 719. The summed E-state index contributed by atoms with van der Waals surface area (Å²) in [5.74, 6) is 1.44. The van der Waals surface area contributed by atoms with Crippen LogP contribution in [-0.2, 0) is 0 Å². The summed E-state index contributed by atoms with van der Waals surface area (Å²) in [7, 11) is 0. The van der Waals surface area contributed by atoms with Crippen molar-refractivity contribution in [1.82, 2.24) is 5.16 Å². The van der Waals surface area contributed by atoms with Crippen LogP contribution < -0.4 is 0 Å². The second-order valence-corrected chi connectivity index (χ2v) is 8.33. The van der Waals surface area contributed by atoms with E-state index in [4.69, 9.17) is 28.3 Å². The highest BCUT2D eigenvalue weighted by atomic mass is 35.5. The molecule has 3 rings (SSSR count). The zero-order valence-corrected chi connectivity index (χ0v) is 15.2. The van der Waals surface area contributed by atoms with Crippen molar-refractivity contribution < 1.29 is 4.52 Å². The van der Waals surface area contributed by atoms with Gasteiger partial charge in [0.15, 0.2) is 0 Å². The molecule has 0 spiro atoms. The van der Waals surface area contributed by atoms with E-state index in [0.717, 1.165) is 37.2 Å². The molecule has 5 heteroatoms. The molecule has 116 valence electrons. The predicted octanol–water partition coefficient (Wildman–Crippen LogP) is 5.78. The second kappa shape index (κ2) is 6.34. The standard InChI is InChI=1S/C17H18ClNOS2/c1-9(2)22-17-10(3)12(6-7-14(17)18)16(21)13-8-19-20-15(13)11-4-5-11/h6-9,11H,4-5H2,1-3H3. The predicted molar refractivity (Wildman–Crippen MR) is 96.5 cm³/mol. The first-order chi connectivity index (χ1) is 10.5. The largest absolute Gasteiger partial charge is 0.360 e. The number of nitrogens with zero attached hydrogens (tertiary/aromatic N) is 1. The molecule has 1 aliphatic rings. The lowest BCUT2D eigenvalue weighted by Gasteiger charge is -2.15. The zero-order valence-electron chi connectivity index (χ0n) is 12.9. The van der Waals surface area contributed by atoms with Crippen molar-refractivity contribution in [2.75, 3.05) is 0 Å². The summed E-state index contributed by atoms with van der Waals surface area (Å²) in [6.45, 7) is 6.41. The van der Waals surface area contributed by atoms with Crippen molar-refractivity contribution in [3.8, 4) is 0 Å². The Morgan fingerprint density at radius 2 is 2.09 bits per heavy atom. The van der Waals surface area contributed by atoms with Crippen molar-refractivity contribution in [2.45, 2.75) is 49.7 Å². The minimum atomic E-state index is 0.470. The number of hydrogen-bond acceptors (Lipinski definition) is 4. The second-order valence-electron chi connectivity index (χ2n) is 5.92. The molecule has 0 saturated heterocycles. The monoisotopic (exact) mass is 351 g/mol. The van der Waals surface area contributed by atoms with Gasteiger partial charge in [0.05, 0.1) is 21.6 Å². The van der Waals surface area contributed by atoms with E-state index < -0.39 is 0 Å². The lowest BCUT2D eigenvalue weighted by molar-refractivity contribution is 0.384. The molecule has 1 aliphatic carbocycles. The number of benzene rings is 1. The number of hydrogen-bond donors (Lipinski definition) is 0. The maximum atomic E-state index is 6.37. The first-order valence-electron chi connectivity index (χ1n) is 7.44. The topological polar surface area (TPSA) is 26.0 Å². The number of aromatic nitrogens is 1. The fourth-order valence-electron chi connectivity index (χ4n) is 2.49. The smallest absolute Gasteiger partial charge is 0.148 e. The van der Waals surface area contributed by atoms with Crippen LogP contribution in [0.5, 0.6) is 0 Å². The quantitative estimate of drug-likeness (QED) is 0.387. The van der Waals surface area contributed by atoms with Crippen molar-refractivity contribution in [3.63, 3.8) is 0 Å². The Balaban J connectivity index is 2.00. The molecule has 1 heterocycles. The van der Waals surface area contributed by atoms with Gasteiger partial charge in [0.1, 0.15) is 5.76 Å². The van der Waals surface area contributed by atoms with Gasteiger partial charge in [0.25, 0.3) is 0 Å². The lowest BCUT2D eigenvalue weighted by Crippen LogP contribution is -2.05. The van der Waals surface area contributed by atoms with Crippen molar-refractivity contribution >= 4 is 40.4 Å². The third-order valence-electron chi connectivity index (χ3n) is 3.75. The SMILES string of the molecule is Cc1c(C(=S)c2cnoc2C2CC2)ccc(Cl)c1SC(C)C.